The van der Waals surface area contributed by atoms with E-state index in [-0.39, 0.29) is 0 Å². The molecule has 0 amide bonds. The van der Waals surface area contributed by atoms with E-state index in [0.29, 0.717) is 24.6 Å². The number of rotatable bonds is 6. The van der Waals surface area contributed by atoms with E-state index in [2.05, 4.69) is 22.0 Å². The molecule has 0 bridgehead atoms. The lowest BCUT2D eigenvalue weighted by molar-refractivity contribution is 0.379. The molecule has 2 heterocycles. The summed E-state index contributed by atoms with van der Waals surface area (Å²) in [4.78, 5) is 8.95. The van der Waals surface area contributed by atoms with Gasteiger partial charge in [0.15, 0.2) is 5.82 Å². The van der Waals surface area contributed by atoms with Crippen LogP contribution < -0.4 is 4.74 Å². The highest BCUT2D eigenvalue weighted by molar-refractivity contribution is 7.09. The van der Waals surface area contributed by atoms with E-state index < -0.39 is 0 Å². The van der Waals surface area contributed by atoms with Crippen LogP contribution >= 0.6 is 11.3 Å². The fourth-order valence-electron chi connectivity index (χ4n) is 2.11. The molecule has 2 aromatic heterocycles. The van der Waals surface area contributed by atoms with Crippen LogP contribution in [0.25, 0.3) is 0 Å². The smallest absolute Gasteiger partial charge is 0.232 e. The van der Waals surface area contributed by atoms with E-state index >= 15 is 0 Å². The van der Waals surface area contributed by atoms with E-state index in [1.165, 1.54) is 0 Å². The number of methoxy groups -OCH3 is 1. The fraction of sp³-hybridized carbons (Fsp3) is 0.312. The van der Waals surface area contributed by atoms with E-state index in [0.717, 1.165) is 28.4 Å². The van der Waals surface area contributed by atoms with Gasteiger partial charge in [0, 0.05) is 11.8 Å². The summed E-state index contributed by atoms with van der Waals surface area (Å²) >= 11 is 1.67. The molecule has 0 spiro atoms. The molecule has 0 saturated heterocycles. The maximum Gasteiger partial charge on any atom is 0.232 e. The molecule has 0 aliphatic rings. The molecule has 22 heavy (non-hydrogen) atoms. The first-order valence-corrected chi connectivity index (χ1v) is 8.02. The van der Waals surface area contributed by atoms with Gasteiger partial charge < -0.3 is 9.26 Å². The van der Waals surface area contributed by atoms with Crippen molar-refractivity contribution in [1.82, 2.24) is 15.1 Å². The van der Waals surface area contributed by atoms with Crippen LogP contribution in [0.4, 0.5) is 0 Å². The Labute approximate surface area is 133 Å². The van der Waals surface area contributed by atoms with Crippen LogP contribution in [0.2, 0.25) is 0 Å². The minimum atomic E-state index is 0.589. The maximum absolute atomic E-state index is 5.31. The van der Waals surface area contributed by atoms with Gasteiger partial charge in [-0.2, -0.15) is 4.98 Å². The van der Waals surface area contributed by atoms with Crippen LogP contribution in [-0.2, 0) is 19.3 Å². The molecule has 1 aromatic carbocycles. The third kappa shape index (κ3) is 3.51. The van der Waals surface area contributed by atoms with Crippen molar-refractivity contribution in [3.63, 3.8) is 0 Å². The Kier molecular flexibility index (Phi) is 4.48. The molecule has 3 aromatic rings. The molecule has 0 saturated carbocycles. The number of aryl methyl sites for hydroxylation is 1. The van der Waals surface area contributed by atoms with Gasteiger partial charge in [-0.05, 0) is 24.1 Å². The van der Waals surface area contributed by atoms with Crippen LogP contribution in [0.15, 0.2) is 34.2 Å². The maximum atomic E-state index is 5.31. The predicted octanol–water partition coefficient (Wildman–Crippen LogP) is 3.28. The second-order valence-corrected chi connectivity index (χ2v) is 5.83. The number of nitrogens with zero attached hydrogens (tertiary/aromatic N) is 3. The number of thiazole rings is 1. The van der Waals surface area contributed by atoms with Crippen LogP contribution in [0, 0.1) is 0 Å². The molecule has 0 N–H and O–H groups in total. The highest BCUT2D eigenvalue weighted by atomic mass is 32.1. The summed E-state index contributed by atoms with van der Waals surface area (Å²) in [5, 5.41) is 7.22. The van der Waals surface area contributed by atoms with Crippen LogP contribution in [0.3, 0.4) is 0 Å². The van der Waals surface area contributed by atoms with Crippen molar-refractivity contribution >= 4 is 11.3 Å². The molecule has 0 aliphatic carbocycles. The molecule has 0 aliphatic heterocycles. The molecule has 0 fully saturated rings. The fourth-order valence-corrected chi connectivity index (χ4v) is 2.85. The Morgan fingerprint density at radius 2 is 1.95 bits per heavy atom. The third-order valence-corrected chi connectivity index (χ3v) is 4.31. The number of benzene rings is 1. The Morgan fingerprint density at radius 3 is 2.64 bits per heavy atom. The molecule has 0 radical (unpaired) electrons. The molecule has 3 rings (SSSR count). The van der Waals surface area contributed by atoms with Gasteiger partial charge in [0.25, 0.3) is 0 Å². The van der Waals surface area contributed by atoms with E-state index in [4.69, 9.17) is 9.26 Å². The first-order valence-electron chi connectivity index (χ1n) is 7.14. The van der Waals surface area contributed by atoms with Gasteiger partial charge >= 0.3 is 0 Å². The minimum Gasteiger partial charge on any atom is -0.497 e. The number of ether oxygens (including phenoxy) is 1. The van der Waals surface area contributed by atoms with Crippen LogP contribution in [0.1, 0.15) is 34.9 Å². The van der Waals surface area contributed by atoms with Gasteiger partial charge in [0.2, 0.25) is 5.89 Å². The van der Waals surface area contributed by atoms with Crippen molar-refractivity contribution in [3.05, 3.63) is 57.6 Å². The summed E-state index contributed by atoms with van der Waals surface area (Å²) in [7, 11) is 1.66. The first-order chi connectivity index (χ1) is 10.8. The SMILES string of the molecule is CCc1nc(Cc2nc(Cc3ccc(OC)cc3)no2)cs1. The topological polar surface area (TPSA) is 61.0 Å². The van der Waals surface area contributed by atoms with Gasteiger partial charge in [-0.15, -0.1) is 11.3 Å². The summed E-state index contributed by atoms with van der Waals surface area (Å²) < 4.78 is 10.5. The van der Waals surface area contributed by atoms with Crippen molar-refractivity contribution in [2.75, 3.05) is 7.11 Å². The normalized spacial score (nSPS) is 10.8. The van der Waals surface area contributed by atoms with Gasteiger partial charge in [-0.1, -0.05) is 24.2 Å². The molecular weight excluding hydrogens is 298 g/mol. The Hall–Kier alpha value is -2.21. The average molecular weight is 315 g/mol. The largest absolute Gasteiger partial charge is 0.497 e. The first kappa shape index (κ1) is 14.7. The summed E-state index contributed by atoms with van der Waals surface area (Å²) in [5.41, 5.74) is 2.11. The Bertz CT molecular complexity index is 734. The van der Waals surface area contributed by atoms with Crippen molar-refractivity contribution in [1.29, 1.82) is 0 Å². The minimum absolute atomic E-state index is 0.589. The lowest BCUT2D eigenvalue weighted by Crippen LogP contribution is -1.93. The highest BCUT2D eigenvalue weighted by Gasteiger charge is 2.10. The van der Waals surface area contributed by atoms with E-state index in [1.807, 2.05) is 29.6 Å². The molecule has 0 atom stereocenters. The summed E-state index contributed by atoms with van der Waals surface area (Å²) in [5.74, 6) is 2.13. The quantitative estimate of drug-likeness (QED) is 0.698. The zero-order chi connectivity index (χ0) is 15.4. The van der Waals surface area contributed by atoms with Crippen molar-refractivity contribution in [2.45, 2.75) is 26.2 Å². The summed E-state index contributed by atoms with van der Waals surface area (Å²) in [6.45, 7) is 2.10. The monoisotopic (exact) mass is 315 g/mol. The highest BCUT2D eigenvalue weighted by Crippen LogP contribution is 2.16. The number of hydrogen-bond donors (Lipinski definition) is 0. The van der Waals surface area contributed by atoms with Crippen molar-refractivity contribution in [2.24, 2.45) is 0 Å². The molecular formula is C16H17N3O2S. The van der Waals surface area contributed by atoms with Gasteiger partial charge in [0.05, 0.1) is 24.2 Å². The number of hydrogen-bond acceptors (Lipinski definition) is 6. The van der Waals surface area contributed by atoms with Gasteiger partial charge in [-0.3, -0.25) is 0 Å². The van der Waals surface area contributed by atoms with Crippen LogP contribution in [0.5, 0.6) is 5.75 Å². The summed E-state index contributed by atoms with van der Waals surface area (Å²) in [6.07, 6.45) is 2.19. The summed E-state index contributed by atoms with van der Waals surface area (Å²) in [6, 6.07) is 7.86. The molecule has 5 nitrogen and oxygen atoms in total. The molecule has 6 heteroatoms. The van der Waals surface area contributed by atoms with E-state index in [1.54, 1.807) is 18.4 Å². The second-order valence-electron chi connectivity index (χ2n) is 4.89. The zero-order valence-corrected chi connectivity index (χ0v) is 13.4. The Balaban J connectivity index is 1.65. The third-order valence-electron chi connectivity index (χ3n) is 3.27. The second kappa shape index (κ2) is 6.70. The lowest BCUT2D eigenvalue weighted by Gasteiger charge is -2.00. The number of aromatic nitrogens is 3. The predicted molar refractivity (Wildman–Crippen MR) is 84.4 cm³/mol. The molecule has 114 valence electrons. The average Bonchev–Trinajstić information content (AvgIpc) is 3.18. The molecule has 0 unspecified atom stereocenters. The van der Waals surface area contributed by atoms with Crippen molar-refractivity contribution < 1.29 is 9.26 Å². The zero-order valence-electron chi connectivity index (χ0n) is 12.6. The van der Waals surface area contributed by atoms with Crippen LogP contribution in [-0.4, -0.2) is 22.2 Å². The van der Waals surface area contributed by atoms with E-state index in [9.17, 15) is 0 Å². The lowest BCUT2D eigenvalue weighted by atomic mass is 10.1. The van der Waals surface area contributed by atoms with Gasteiger partial charge in [0.1, 0.15) is 5.75 Å². The Morgan fingerprint density at radius 1 is 1.14 bits per heavy atom. The standard InChI is InChI=1S/C16H17N3O2S/c1-3-16-17-12(10-22-16)9-15-18-14(19-21-15)8-11-4-6-13(20-2)7-5-11/h4-7,10H,3,8-9H2,1-2H3. The van der Waals surface area contributed by atoms with Gasteiger partial charge in [-0.25, -0.2) is 4.98 Å². The van der Waals surface area contributed by atoms with Crippen molar-refractivity contribution in [3.8, 4) is 5.75 Å².